The third-order valence-electron chi connectivity index (χ3n) is 2.87. The Hall–Kier alpha value is -2.29. The molecule has 1 aromatic rings. The van der Waals surface area contributed by atoms with Gasteiger partial charge in [0.25, 0.3) is 0 Å². The van der Waals surface area contributed by atoms with E-state index in [-0.39, 0.29) is 17.6 Å². The monoisotopic (exact) mass is 226 g/mol. The van der Waals surface area contributed by atoms with Crippen LogP contribution in [0.4, 0.5) is 0 Å². The minimum Gasteiger partial charge on any atom is -0.508 e. The first kappa shape index (κ1) is 9.90. The van der Waals surface area contributed by atoms with Gasteiger partial charge in [0.1, 0.15) is 17.4 Å². The van der Waals surface area contributed by atoms with Gasteiger partial charge < -0.3 is 9.84 Å². The van der Waals surface area contributed by atoms with Crippen molar-refractivity contribution in [3.63, 3.8) is 0 Å². The number of cyclic esters (lactones) is 1. The van der Waals surface area contributed by atoms with Crippen LogP contribution in [0.2, 0.25) is 0 Å². The van der Waals surface area contributed by atoms with Gasteiger partial charge in [-0.15, -0.1) is 0 Å². The molecule has 0 aromatic heterocycles. The Labute approximate surface area is 98.3 Å². The number of rotatable bonds is 1. The van der Waals surface area contributed by atoms with E-state index in [1.807, 2.05) is 24.3 Å². The standard InChI is InChI=1S/C14H10O3/c15-10-7-5-9(6-8-10)13-11-3-1-2-4-12(11)14(16)17-13/h1-8,12,15H. The first-order chi connectivity index (χ1) is 8.25. The fourth-order valence-corrected chi connectivity index (χ4v) is 2.03. The molecule has 0 fully saturated rings. The summed E-state index contributed by atoms with van der Waals surface area (Å²) in [4.78, 5) is 11.7. The van der Waals surface area contributed by atoms with Crippen molar-refractivity contribution in [1.82, 2.24) is 0 Å². The zero-order chi connectivity index (χ0) is 11.8. The van der Waals surface area contributed by atoms with Gasteiger partial charge in [0, 0.05) is 11.1 Å². The summed E-state index contributed by atoms with van der Waals surface area (Å²) in [6.07, 6.45) is 7.44. The lowest BCUT2D eigenvalue weighted by atomic mass is 9.94. The predicted molar refractivity (Wildman–Crippen MR) is 62.9 cm³/mol. The van der Waals surface area contributed by atoms with Crippen LogP contribution in [0.5, 0.6) is 5.75 Å². The van der Waals surface area contributed by atoms with Crippen LogP contribution in [0.15, 0.2) is 54.1 Å². The van der Waals surface area contributed by atoms with E-state index in [9.17, 15) is 9.90 Å². The van der Waals surface area contributed by atoms with Gasteiger partial charge >= 0.3 is 5.97 Å². The van der Waals surface area contributed by atoms with E-state index >= 15 is 0 Å². The third-order valence-corrected chi connectivity index (χ3v) is 2.87. The van der Waals surface area contributed by atoms with Crippen LogP contribution < -0.4 is 0 Å². The molecule has 3 heteroatoms. The highest BCUT2D eigenvalue weighted by molar-refractivity contribution is 5.93. The molecule has 3 rings (SSSR count). The second kappa shape index (κ2) is 3.63. The Morgan fingerprint density at radius 3 is 2.65 bits per heavy atom. The molecule has 0 spiro atoms. The van der Waals surface area contributed by atoms with Crippen LogP contribution in [0.25, 0.3) is 5.76 Å². The van der Waals surface area contributed by atoms with Crippen molar-refractivity contribution in [2.24, 2.45) is 5.92 Å². The van der Waals surface area contributed by atoms with Crippen LogP contribution in [0, 0.1) is 5.92 Å². The van der Waals surface area contributed by atoms with Crippen molar-refractivity contribution < 1.29 is 14.6 Å². The number of carbonyl (C=O) groups is 1. The minimum absolute atomic E-state index is 0.194. The molecule has 1 aromatic carbocycles. The summed E-state index contributed by atoms with van der Waals surface area (Å²) in [5.41, 5.74) is 1.68. The Kier molecular flexibility index (Phi) is 2.11. The van der Waals surface area contributed by atoms with Crippen molar-refractivity contribution in [2.45, 2.75) is 0 Å². The fraction of sp³-hybridized carbons (Fsp3) is 0.0714. The summed E-state index contributed by atoms with van der Waals surface area (Å²) in [5, 5.41) is 9.23. The number of aromatic hydroxyl groups is 1. The maximum Gasteiger partial charge on any atom is 0.322 e. The first-order valence-electron chi connectivity index (χ1n) is 5.36. The van der Waals surface area contributed by atoms with Crippen LogP contribution in [-0.2, 0) is 9.53 Å². The normalized spacial score (nSPS) is 21.6. The van der Waals surface area contributed by atoms with Crippen molar-refractivity contribution in [2.75, 3.05) is 0 Å². The van der Waals surface area contributed by atoms with Crippen LogP contribution in [-0.4, -0.2) is 11.1 Å². The van der Waals surface area contributed by atoms with Gasteiger partial charge in [-0.25, -0.2) is 0 Å². The number of benzene rings is 1. The highest BCUT2D eigenvalue weighted by Crippen LogP contribution is 2.36. The number of carbonyl (C=O) groups excluding carboxylic acids is 1. The number of ether oxygens (including phenoxy) is 1. The molecule has 84 valence electrons. The molecule has 1 atom stereocenters. The van der Waals surface area contributed by atoms with Gasteiger partial charge in [-0.3, -0.25) is 4.79 Å². The zero-order valence-electron chi connectivity index (χ0n) is 8.96. The van der Waals surface area contributed by atoms with Gasteiger partial charge in [0.2, 0.25) is 0 Å². The molecule has 0 radical (unpaired) electrons. The molecule has 17 heavy (non-hydrogen) atoms. The molecule has 3 nitrogen and oxygen atoms in total. The number of phenols is 1. The van der Waals surface area contributed by atoms with Gasteiger partial charge in [-0.1, -0.05) is 24.3 Å². The lowest BCUT2D eigenvalue weighted by Crippen LogP contribution is -2.08. The van der Waals surface area contributed by atoms with Gasteiger partial charge in [0.05, 0.1) is 0 Å². The van der Waals surface area contributed by atoms with Gasteiger partial charge in [0.15, 0.2) is 0 Å². The minimum atomic E-state index is -0.288. The predicted octanol–water partition coefficient (Wildman–Crippen LogP) is 2.40. The number of hydrogen-bond acceptors (Lipinski definition) is 3. The number of phenolic OH excluding ortho intramolecular Hbond substituents is 1. The van der Waals surface area contributed by atoms with E-state index in [1.165, 1.54) is 0 Å². The quantitative estimate of drug-likeness (QED) is 0.748. The molecule has 1 aliphatic heterocycles. The van der Waals surface area contributed by atoms with Crippen molar-refractivity contribution >= 4 is 11.7 Å². The number of allylic oxidation sites excluding steroid dienone is 3. The second-order valence-electron chi connectivity index (χ2n) is 3.97. The lowest BCUT2D eigenvalue weighted by Gasteiger charge is -2.05. The SMILES string of the molecule is O=C1OC(c2ccc(O)cc2)=C2C=CC=CC12. The molecular formula is C14H10O3. The van der Waals surface area contributed by atoms with E-state index in [0.29, 0.717) is 5.76 Å². The lowest BCUT2D eigenvalue weighted by molar-refractivity contribution is -0.136. The summed E-state index contributed by atoms with van der Waals surface area (Å²) < 4.78 is 5.29. The molecule has 0 bridgehead atoms. The van der Waals surface area contributed by atoms with E-state index in [4.69, 9.17) is 4.74 Å². The molecule has 1 N–H and O–H groups in total. The maximum absolute atomic E-state index is 11.7. The smallest absolute Gasteiger partial charge is 0.322 e. The fourth-order valence-electron chi connectivity index (χ4n) is 2.03. The van der Waals surface area contributed by atoms with Crippen molar-refractivity contribution in [3.05, 3.63) is 59.7 Å². The number of fused-ring (bicyclic) bond motifs is 1. The van der Waals surface area contributed by atoms with Crippen molar-refractivity contribution in [1.29, 1.82) is 0 Å². The van der Waals surface area contributed by atoms with E-state index in [2.05, 4.69) is 0 Å². The van der Waals surface area contributed by atoms with E-state index < -0.39 is 0 Å². The molecule has 0 saturated carbocycles. The number of hydrogen-bond donors (Lipinski definition) is 1. The average Bonchev–Trinajstić information content (AvgIpc) is 2.69. The summed E-state index contributed by atoms with van der Waals surface area (Å²) in [5.74, 6) is 0.243. The second-order valence-corrected chi connectivity index (χ2v) is 3.97. The van der Waals surface area contributed by atoms with Crippen LogP contribution >= 0.6 is 0 Å². The van der Waals surface area contributed by atoms with Crippen LogP contribution in [0.1, 0.15) is 5.56 Å². The first-order valence-corrected chi connectivity index (χ1v) is 5.36. The molecule has 0 saturated heterocycles. The average molecular weight is 226 g/mol. The molecule has 1 unspecified atom stereocenters. The van der Waals surface area contributed by atoms with E-state index in [1.54, 1.807) is 24.3 Å². The molecular weight excluding hydrogens is 216 g/mol. The largest absolute Gasteiger partial charge is 0.508 e. The van der Waals surface area contributed by atoms with Gasteiger partial charge in [-0.05, 0) is 24.3 Å². The molecule has 1 heterocycles. The molecule has 0 amide bonds. The van der Waals surface area contributed by atoms with Gasteiger partial charge in [-0.2, -0.15) is 0 Å². The Morgan fingerprint density at radius 1 is 1.12 bits per heavy atom. The number of esters is 1. The maximum atomic E-state index is 11.7. The summed E-state index contributed by atoms with van der Waals surface area (Å²) in [7, 11) is 0. The van der Waals surface area contributed by atoms with Crippen LogP contribution in [0.3, 0.4) is 0 Å². The molecule has 1 aliphatic carbocycles. The summed E-state index contributed by atoms with van der Waals surface area (Å²) in [6, 6.07) is 6.62. The topological polar surface area (TPSA) is 46.5 Å². The molecule has 2 aliphatic rings. The summed E-state index contributed by atoms with van der Waals surface area (Å²) in [6.45, 7) is 0. The third kappa shape index (κ3) is 1.56. The summed E-state index contributed by atoms with van der Waals surface area (Å²) >= 11 is 0. The van der Waals surface area contributed by atoms with Crippen molar-refractivity contribution in [3.8, 4) is 5.75 Å². The Bertz CT molecular complexity index is 562. The van der Waals surface area contributed by atoms with E-state index in [0.717, 1.165) is 11.1 Å². The highest BCUT2D eigenvalue weighted by atomic mass is 16.5. The highest BCUT2D eigenvalue weighted by Gasteiger charge is 2.33. The zero-order valence-corrected chi connectivity index (χ0v) is 8.96. The Morgan fingerprint density at radius 2 is 1.88 bits per heavy atom. The Balaban J connectivity index is 2.08.